The first-order valence-corrected chi connectivity index (χ1v) is 10.3. The Morgan fingerprint density at radius 2 is 1.85 bits per heavy atom. The number of methoxy groups -OCH3 is 2. The van der Waals surface area contributed by atoms with Gasteiger partial charge in [-0.2, -0.15) is 4.68 Å². The fourth-order valence-electron chi connectivity index (χ4n) is 3.56. The number of carbonyl (C=O) groups excluding carboxylic acids is 1. The Hall–Kier alpha value is -4.61. The van der Waals surface area contributed by atoms with Gasteiger partial charge in [-0.3, -0.25) is 14.2 Å². The molecule has 0 atom stereocenters. The van der Waals surface area contributed by atoms with Gasteiger partial charge in [-0.1, -0.05) is 5.21 Å². The Morgan fingerprint density at radius 1 is 1.06 bits per heavy atom. The molecule has 0 bridgehead atoms. The normalized spacial score (nSPS) is 12.4. The van der Waals surface area contributed by atoms with E-state index in [4.69, 9.17) is 18.9 Å². The van der Waals surface area contributed by atoms with Gasteiger partial charge in [-0.15, -0.1) is 5.10 Å². The fraction of sp³-hybridized carbons (Fsp3) is 0.227. The number of carbonyl (C=O) groups is 1. The molecule has 4 aromatic rings. The molecule has 0 saturated carbocycles. The number of fused-ring (bicyclic) bond motifs is 2. The maximum Gasteiger partial charge on any atom is 0.284 e. The van der Waals surface area contributed by atoms with Crippen molar-refractivity contribution in [2.24, 2.45) is 0 Å². The van der Waals surface area contributed by atoms with Crippen LogP contribution in [-0.4, -0.2) is 57.9 Å². The Labute approximate surface area is 192 Å². The quantitative estimate of drug-likeness (QED) is 0.450. The molecule has 0 spiro atoms. The van der Waals surface area contributed by atoms with E-state index >= 15 is 0 Å². The zero-order valence-electron chi connectivity index (χ0n) is 18.3. The highest BCUT2D eigenvalue weighted by Crippen LogP contribution is 2.32. The predicted octanol–water partition coefficient (Wildman–Crippen LogP) is 1.40. The van der Waals surface area contributed by atoms with Gasteiger partial charge in [-0.25, -0.2) is 4.98 Å². The summed E-state index contributed by atoms with van der Waals surface area (Å²) in [5, 5.41) is 10.8. The van der Waals surface area contributed by atoms with E-state index < -0.39 is 11.5 Å². The van der Waals surface area contributed by atoms with Crippen molar-refractivity contribution in [1.29, 1.82) is 0 Å². The Morgan fingerprint density at radius 3 is 2.65 bits per heavy atom. The lowest BCUT2D eigenvalue weighted by Crippen LogP contribution is -2.28. The number of nitrogens with one attached hydrogen (secondary N) is 1. The van der Waals surface area contributed by atoms with E-state index in [2.05, 4.69) is 20.6 Å². The van der Waals surface area contributed by atoms with Crippen molar-refractivity contribution in [1.82, 2.24) is 24.5 Å². The molecule has 1 N–H and O–H groups in total. The zero-order chi connectivity index (χ0) is 23.7. The lowest BCUT2D eigenvalue weighted by Gasteiger charge is -2.19. The average Bonchev–Trinajstić information content (AvgIpc) is 3.30. The van der Waals surface area contributed by atoms with Crippen LogP contribution in [0.5, 0.6) is 23.0 Å². The maximum absolute atomic E-state index is 12.9. The maximum atomic E-state index is 12.9. The van der Waals surface area contributed by atoms with Crippen LogP contribution in [0, 0.1) is 0 Å². The molecule has 5 rings (SSSR count). The van der Waals surface area contributed by atoms with E-state index in [0.29, 0.717) is 47.6 Å². The van der Waals surface area contributed by atoms with Gasteiger partial charge in [-0.05, 0) is 24.3 Å². The minimum atomic E-state index is -0.492. The molecule has 34 heavy (non-hydrogen) atoms. The van der Waals surface area contributed by atoms with Gasteiger partial charge < -0.3 is 24.3 Å². The number of nitrogens with zero attached hydrogens (tertiary/aromatic N) is 5. The molecule has 174 valence electrons. The highest BCUT2D eigenvalue weighted by atomic mass is 16.6. The number of anilines is 1. The average molecular weight is 464 g/mol. The fourth-order valence-corrected chi connectivity index (χ4v) is 3.56. The summed E-state index contributed by atoms with van der Waals surface area (Å²) in [6.45, 7) is 0.669. The predicted molar refractivity (Wildman–Crippen MR) is 120 cm³/mol. The van der Waals surface area contributed by atoms with Crippen LogP contribution in [0.3, 0.4) is 0 Å². The van der Waals surface area contributed by atoms with Crippen LogP contribution in [0.2, 0.25) is 0 Å². The second-order valence-corrected chi connectivity index (χ2v) is 7.30. The Bertz CT molecular complexity index is 1450. The summed E-state index contributed by atoms with van der Waals surface area (Å²) in [5.74, 6) is 1.80. The molecule has 3 heterocycles. The lowest BCUT2D eigenvalue weighted by molar-refractivity contribution is -0.116. The summed E-state index contributed by atoms with van der Waals surface area (Å²) in [4.78, 5) is 29.8. The van der Waals surface area contributed by atoms with E-state index in [1.165, 1.54) is 29.8 Å². The summed E-state index contributed by atoms with van der Waals surface area (Å²) in [5.41, 5.74) is 0.899. The van der Waals surface area contributed by atoms with E-state index in [1.807, 2.05) is 0 Å². The molecule has 12 heteroatoms. The van der Waals surface area contributed by atoms with Gasteiger partial charge in [0.1, 0.15) is 26.1 Å². The number of hydrogen-bond acceptors (Lipinski definition) is 9. The Kier molecular flexibility index (Phi) is 5.46. The highest BCUT2D eigenvalue weighted by Gasteiger charge is 2.17. The molecule has 0 aliphatic carbocycles. The standard InChI is InChI=1S/C22H20N6O6/c1-31-15-6-4-14(10-17(15)32-2)28-21-20(25-26-28)22(30)27(12-23-21)11-19(29)24-13-3-5-16-18(9-13)34-8-7-33-16/h3-6,9-10,12H,7-8,11H2,1-2H3,(H,24,29). The third-order valence-corrected chi connectivity index (χ3v) is 5.18. The SMILES string of the molecule is COc1ccc(-n2nnc3c(=O)n(CC(=O)Nc4ccc5c(c4)OCCO5)cnc32)cc1OC. The van der Waals surface area contributed by atoms with E-state index in [9.17, 15) is 9.59 Å². The number of aromatic nitrogens is 5. The van der Waals surface area contributed by atoms with Crippen molar-refractivity contribution >= 4 is 22.8 Å². The Balaban J connectivity index is 1.38. The van der Waals surface area contributed by atoms with E-state index in [-0.39, 0.29) is 17.7 Å². The van der Waals surface area contributed by atoms with Gasteiger partial charge in [0.25, 0.3) is 5.56 Å². The summed E-state index contributed by atoms with van der Waals surface area (Å²) in [7, 11) is 3.06. The molecule has 0 radical (unpaired) electrons. The molecule has 1 aliphatic heterocycles. The molecule has 12 nitrogen and oxygen atoms in total. The third kappa shape index (κ3) is 3.85. The summed E-state index contributed by atoms with van der Waals surface area (Å²) >= 11 is 0. The molecular formula is C22H20N6O6. The van der Waals surface area contributed by atoms with Gasteiger partial charge in [0.05, 0.1) is 19.9 Å². The molecule has 1 aliphatic rings. The lowest BCUT2D eigenvalue weighted by atomic mass is 10.2. The molecule has 2 aromatic carbocycles. The van der Waals surface area contributed by atoms with Crippen molar-refractivity contribution in [3.63, 3.8) is 0 Å². The molecule has 0 saturated heterocycles. The van der Waals surface area contributed by atoms with Crippen molar-refractivity contribution in [2.45, 2.75) is 6.54 Å². The van der Waals surface area contributed by atoms with Crippen LogP contribution in [0.4, 0.5) is 5.69 Å². The van der Waals surface area contributed by atoms with Crippen molar-refractivity contribution in [3.8, 4) is 28.7 Å². The number of hydrogen-bond donors (Lipinski definition) is 1. The summed E-state index contributed by atoms with van der Waals surface area (Å²) < 4.78 is 24.2. The second-order valence-electron chi connectivity index (χ2n) is 7.30. The van der Waals surface area contributed by atoms with Crippen LogP contribution in [0.15, 0.2) is 47.5 Å². The zero-order valence-corrected chi connectivity index (χ0v) is 18.3. The smallest absolute Gasteiger partial charge is 0.284 e. The van der Waals surface area contributed by atoms with Crippen LogP contribution in [0.1, 0.15) is 0 Å². The molecule has 2 aromatic heterocycles. The highest BCUT2D eigenvalue weighted by molar-refractivity contribution is 5.91. The number of ether oxygens (including phenoxy) is 4. The van der Waals surface area contributed by atoms with Crippen LogP contribution >= 0.6 is 0 Å². The molecule has 0 unspecified atom stereocenters. The summed E-state index contributed by atoms with van der Waals surface area (Å²) in [6.07, 6.45) is 1.29. The van der Waals surface area contributed by atoms with Gasteiger partial charge >= 0.3 is 0 Å². The third-order valence-electron chi connectivity index (χ3n) is 5.18. The molecule has 0 fully saturated rings. The van der Waals surface area contributed by atoms with Crippen molar-refractivity contribution < 1.29 is 23.7 Å². The minimum Gasteiger partial charge on any atom is -0.493 e. The molecular weight excluding hydrogens is 444 g/mol. The van der Waals surface area contributed by atoms with Gasteiger partial charge in [0, 0.05) is 17.8 Å². The first-order valence-electron chi connectivity index (χ1n) is 10.3. The van der Waals surface area contributed by atoms with Crippen molar-refractivity contribution in [3.05, 3.63) is 53.1 Å². The number of amides is 1. The summed E-state index contributed by atoms with van der Waals surface area (Å²) in [6, 6.07) is 10.2. The second kappa shape index (κ2) is 8.73. The minimum absolute atomic E-state index is 0.0319. The first-order chi connectivity index (χ1) is 16.6. The molecule has 1 amide bonds. The van der Waals surface area contributed by atoms with Crippen LogP contribution in [0.25, 0.3) is 16.9 Å². The van der Waals surface area contributed by atoms with Gasteiger partial charge in [0.2, 0.25) is 5.91 Å². The number of rotatable bonds is 6. The number of benzene rings is 2. The topological polar surface area (TPSA) is 132 Å². The van der Waals surface area contributed by atoms with E-state index in [0.717, 1.165) is 0 Å². The van der Waals surface area contributed by atoms with E-state index in [1.54, 1.807) is 36.4 Å². The van der Waals surface area contributed by atoms with Crippen LogP contribution in [-0.2, 0) is 11.3 Å². The largest absolute Gasteiger partial charge is 0.493 e. The van der Waals surface area contributed by atoms with Crippen molar-refractivity contribution in [2.75, 3.05) is 32.8 Å². The monoisotopic (exact) mass is 464 g/mol. The first kappa shape index (κ1) is 21.2. The van der Waals surface area contributed by atoms with Gasteiger partial charge in [0.15, 0.2) is 34.2 Å². The van der Waals surface area contributed by atoms with Crippen LogP contribution < -0.4 is 29.8 Å².